The van der Waals surface area contributed by atoms with Gasteiger partial charge in [-0.25, -0.2) is 14.4 Å². The second-order valence-corrected chi connectivity index (χ2v) is 7.44. The number of carbonyl (C=O) groups excluding carboxylic acids is 5. The number of hydrogen-bond acceptors (Lipinski definition) is 8. The number of nitrogens with one attached hydrogen (secondary N) is 1. The molecule has 10 nitrogen and oxygen atoms in total. The number of nitrogens with zero attached hydrogens (tertiary/aromatic N) is 1. The average molecular weight is 468 g/mol. The SMILES string of the molecule is O=C(CC[C@@H](NC(=O)OCc1ccccc1)C(=O)OCc1ccccc1)ON1C(=O)CCC1=O. The molecular formula is C24H24N2O8. The van der Waals surface area contributed by atoms with Crippen molar-refractivity contribution in [3.8, 4) is 0 Å². The summed E-state index contributed by atoms with van der Waals surface area (Å²) in [6.45, 7) is -0.0438. The van der Waals surface area contributed by atoms with Crippen molar-refractivity contribution < 1.29 is 38.3 Å². The molecule has 0 unspecified atom stereocenters. The van der Waals surface area contributed by atoms with Crippen LogP contribution in [0.3, 0.4) is 0 Å². The molecule has 1 aliphatic rings. The topological polar surface area (TPSA) is 128 Å². The van der Waals surface area contributed by atoms with Crippen molar-refractivity contribution in [2.24, 2.45) is 0 Å². The third-order valence-electron chi connectivity index (χ3n) is 4.85. The molecule has 0 aromatic heterocycles. The standard InChI is InChI=1S/C24H24N2O8/c27-20-12-13-21(28)26(20)34-22(29)14-11-19(23(30)32-15-17-7-3-1-4-8-17)25-24(31)33-16-18-9-5-2-6-10-18/h1-10,19H,11-16H2,(H,25,31)/t19-/m1/s1. The number of amides is 3. The molecule has 2 aromatic carbocycles. The molecule has 1 N–H and O–H groups in total. The third kappa shape index (κ3) is 7.44. The van der Waals surface area contributed by atoms with E-state index in [-0.39, 0.29) is 38.9 Å². The molecule has 10 heteroatoms. The zero-order chi connectivity index (χ0) is 24.3. The van der Waals surface area contributed by atoms with Crippen LogP contribution in [0.15, 0.2) is 60.7 Å². The smallest absolute Gasteiger partial charge is 0.408 e. The number of benzene rings is 2. The summed E-state index contributed by atoms with van der Waals surface area (Å²) < 4.78 is 10.4. The van der Waals surface area contributed by atoms with Crippen molar-refractivity contribution in [1.82, 2.24) is 10.4 Å². The Morgan fingerprint density at radius 2 is 1.35 bits per heavy atom. The normalized spacial score (nSPS) is 13.8. The third-order valence-corrected chi connectivity index (χ3v) is 4.85. The molecule has 178 valence electrons. The minimum absolute atomic E-state index is 0.0142. The first-order valence-electron chi connectivity index (χ1n) is 10.7. The van der Waals surface area contributed by atoms with Gasteiger partial charge in [-0.05, 0) is 17.5 Å². The molecule has 34 heavy (non-hydrogen) atoms. The maximum absolute atomic E-state index is 12.6. The van der Waals surface area contributed by atoms with Crippen molar-refractivity contribution >= 4 is 29.8 Å². The molecule has 0 spiro atoms. The number of hydroxylamine groups is 2. The van der Waals surface area contributed by atoms with Gasteiger partial charge in [0.2, 0.25) is 0 Å². The van der Waals surface area contributed by atoms with E-state index in [9.17, 15) is 24.0 Å². The highest BCUT2D eigenvalue weighted by Crippen LogP contribution is 2.14. The van der Waals surface area contributed by atoms with Crippen LogP contribution in [0.25, 0.3) is 0 Å². The van der Waals surface area contributed by atoms with Crippen molar-refractivity contribution in [1.29, 1.82) is 0 Å². The fourth-order valence-corrected chi connectivity index (χ4v) is 3.05. The first kappa shape index (κ1) is 24.4. The Morgan fingerprint density at radius 1 is 0.824 bits per heavy atom. The van der Waals surface area contributed by atoms with Gasteiger partial charge in [0.1, 0.15) is 19.3 Å². The summed E-state index contributed by atoms with van der Waals surface area (Å²) in [5, 5.41) is 2.82. The van der Waals surface area contributed by atoms with Gasteiger partial charge in [-0.3, -0.25) is 9.59 Å². The lowest BCUT2D eigenvalue weighted by atomic mass is 10.1. The zero-order valence-electron chi connectivity index (χ0n) is 18.3. The lowest BCUT2D eigenvalue weighted by Crippen LogP contribution is -2.42. The number of esters is 1. The fourth-order valence-electron chi connectivity index (χ4n) is 3.05. The summed E-state index contributed by atoms with van der Waals surface area (Å²) in [4.78, 5) is 65.0. The van der Waals surface area contributed by atoms with E-state index >= 15 is 0 Å². The highest BCUT2D eigenvalue weighted by molar-refractivity contribution is 6.01. The van der Waals surface area contributed by atoms with Crippen LogP contribution in [-0.4, -0.2) is 41.0 Å². The first-order valence-corrected chi connectivity index (χ1v) is 10.7. The van der Waals surface area contributed by atoms with E-state index in [2.05, 4.69) is 5.32 Å². The lowest BCUT2D eigenvalue weighted by Gasteiger charge is -2.18. The average Bonchev–Trinajstić information content (AvgIpc) is 3.17. The molecule has 1 atom stereocenters. The highest BCUT2D eigenvalue weighted by atomic mass is 16.7. The van der Waals surface area contributed by atoms with Gasteiger partial charge in [-0.15, -0.1) is 5.06 Å². The summed E-state index contributed by atoms with van der Waals surface area (Å²) in [6.07, 6.45) is -1.49. The Kier molecular flexibility index (Phi) is 8.73. The van der Waals surface area contributed by atoms with Crippen molar-refractivity contribution in [2.75, 3.05) is 0 Å². The molecule has 2 aromatic rings. The van der Waals surface area contributed by atoms with E-state index in [4.69, 9.17) is 14.3 Å². The Balaban J connectivity index is 1.56. The molecule has 3 amide bonds. The predicted molar refractivity (Wildman–Crippen MR) is 116 cm³/mol. The second-order valence-electron chi connectivity index (χ2n) is 7.44. The van der Waals surface area contributed by atoms with Gasteiger partial charge in [-0.2, -0.15) is 0 Å². The van der Waals surface area contributed by atoms with Crippen LogP contribution in [-0.2, 0) is 46.7 Å². The van der Waals surface area contributed by atoms with Gasteiger partial charge in [0, 0.05) is 12.8 Å². The summed E-state index contributed by atoms with van der Waals surface area (Å²) in [7, 11) is 0. The van der Waals surface area contributed by atoms with E-state index in [1.807, 2.05) is 12.1 Å². The molecule has 3 rings (SSSR count). The van der Waals surface area contributed by atoms with Gasteiger partial charge in [0.25, 0.3) is 11.8 Å². The van der Waals surface area contributed by atoms with Gasteiger partial charge >= 0.3 is 18.0 Å². The van der Waals surface area contributed by atoms with E-state index < -0.39 is 35.9 Å². The van der Waals surface area contributed by atoms with Gasteiger partial charge in [0.05, 0.1) is 6.42 Å². The maximum Gasteiger partial charge on any atom is 0.408 e. The van der Waals surface area contributed by atoms with Crippen LogP contribution in [0.1, 0.15) is 36.8 Å². The van der Waals surface area contributed by atoms with Gasteiger partial charge in [-0.1, -0.05) is 60.7 Å². The van der Waals surface area contributed by atoms with E-state index in [0.717, 1.165) is 11.1 Å². The summed E-state index contributed by atoms with van der Waals surface area (Å²) >= 11 is 0. The number of alkyl carbamates (subject to hydrolysis) is 1. The maximum atomic E-state index is 12.6. The van der Waals surface area contributed by atoms with Crippen LogP contribution < -0.4 is 5.32 Å². The van der Waals surface area contributed by atoms with Crippen molar-refractivity contribution in [3.05, 3.63) is 71.8 Å². The number of imide groups is 1. The summed E-state index contributed by atoms with van der Waals surface area (Å²) in [5.41, 5.74) is 1.50. The van der Waals surface area contributed by atoms with Crippen molar-refractivity contribution in [2.45, 2.75) is 44.9 Å². The molecule has 0 saturated carbocycles. The Labute approximate surface area is 195 Å². The van der Waals surface area contributed by atoms with Crippen LogP contribution in [0.4, 0.5) is 4.79 Å². The van der Waals surface area contributed by atoms with Crippen LogP contribution in [0, 0.1) is 0 Å². The zero-order valence-corrected chi connectivity index (χ0v) is 18.3. The van der Waals surface area contributed by atoms with Crippen LogP contribution >= 0.6 is 0 Å². The molecule has 1 saturated heterocycles. The quantitative estimate of drug-likeness (QED) is 0.416. The number of ether oxygens (including phenoxy) is 2. The lowest BCUT2D eigenvalue weighted by molar-refractivity contribution is -0.197. The molecule has 1 heterocycles. The molecule has 1 aliphatic heterocycles. The monoisotopic (exact) mass is 468 g/mol. The van der Waals surface area contributed by atoms with Crippen LogP contribution in [0.5, 0.6) is 0 Å². The van der Waals surface area contributed by atoms with Crippen LogP contribution in [0.2, 0.25) is 0 Å². The summed E-state index contributed by atoms with van der Waals surface area (Å²) in [6, 6.07) is 16.7. The molecule has 0 aliphatic carbocycles. The Morgan fingerprint density at radius 3 is 1.91 bits per heavy atom. The minimum Gasteiger partial charge on any atom is -0.459 e. The van der Waals surface area contributed by atoms with E-state index in [0.29, 0.717) is 5.06 Å². The Hall–Kier alpha value is -4.21. The molecule has 1 fully saturated rings. The first-order chi connectivity index (χ1) is 16.4. The fraction of sp³-hybridized carbons (Fsp3) is 0.292. The largest absolute Gasteiger partial charge is 0.459 e. The summed E-state index contributed by atoms with van der Waals surface area (Å²) in [5.74, 6) is -2.90. The highest BCUT2D eigenvalue weighted by Gasteiger charge is 2.33. The number of rotatable bonds is 10. The molecule has 0 bridgehead atoms. The Bertz CT molecular complexity index is 1010. The number of hydrogen-bond donors (Lipinski definition) is 1. The van der Waals surface area contributed by atoms with Crippen molar-refractivity contribution in [3.63, 3.8) is 0 Å². The van der Waals surface area contributed by atoms with E-state index in [1.54, 1.807) is 48.5 Å². The number of carbonyl (C=O) groups is 5. The minimum atomic E-state index is -1.22. The van der Waals surface area contributed by atoms with E-state index in [1.165, 1.54) is 0 Å². The predicted octanol–water partition coefficient (Wildman–Crippen LogP) is 2.41. The second kappa shape index (κ2) is 12.1. The molecule has 0 radical (unpaired) electrons. The molecular weight excluding hydrogens is 444 g/mol. The van der Waals surface area contributed by atoms with Gasteiger partial charge < -0.3 is 19.6 Å². The van der Waals surface area contributed by atoms with Gasteiger partial charge in [0.15, 0.2) is 0 Å².